The van der Waals surface area contributed by atoms with E-state index >= 15 is 0 Å². The zero-order valence-corrected chi connectivity index (χ0v) is 13.0. The molecule has 0 aromatic rings. The highest BCUT2D eigenvalue weighted by Gasteiger charge is 2.46. The Hall–Kier alpha value is -0.120. The molecule has 2 atom stereocenters. The smallest absolute Gasteiger partial charge is 0.0628 e. The minimum absolute atomic E-state index is 0.0464. The first-order valence-corrected chi connectivity index (χ1v) is 8.20. The highest BCUT2D eigenvalue weighted by atomic mass is 16.3. The van der Waals surface area contributed by atoms with Crippen LogP contribution in [-0.4, -0.2) is 47.8 Å². The Balaban J connectivity index is 1.93. The van der Waals surface area contributed by atoms with E-state index in [2.05, 4.69) is 31.0 Å². The van der Waals surface area contributed by atoms with Gasteiger partial charge in [0, 0.05) is 19.1 Å². The predicted octanol–water partition coefficient (Wildman–Crippen LogP) is 2.25. The molecule has 2 aliphatic rings. The number of nitrogens with one attached hydrogen (secondary N) is 1. The van der Waals surface area contributed by atoms with Gasteiger partial charge in [0.2, 0.25) is 0 Å². The van der Waals surface area contributed by atoms with Crippen LogP contribution in [-0.2, 0) is 0 Å². The fourth-order valence-electron chi connectivity index (χ4n) is 3.83. The average molecular weight is 268 g/mol. The SMILES string of the molecule is CCCC1CCN(CC(CO)(NC(C)C)C2CC2)C1. The minimum atomic E-state index is -0.0464. The van der Waals surface area contributed by atoms with Crippen molar-refractivity contribution in [3.05, 3.63) is 0 Å². The standard InChI is InChI=1S/C16H32N2O/c1-4-5-14-8-9-18(10-14)11-16(12-19,15-6-7-15)17-13(2)3/h13-15,17,19H,4-12H2,1-3H3. The maximum Gasteiger partial charge on any atom is 0.0628 e. The molecule has 1 saturated carbocycles. The van der Waals surface area contributed by atoms with Gasteiger partial charge in [-0.3, -0.25) is 0 Å². The molecule has 2 rings (SSSR count). The van der Waals surface area contributed by atoms with Gasteiger partial charge in [0.25, 0.3) is 0 Å². The van der Waals surface area contributed by atoms with Gasteiger partial charge in [0.15, 0.2) is 0 Å². The van der Waals surface area contributed by atoms with Crippen LogP contribution in [0, 0.1) is 11.8 Å². The van der Waals surface area contributed by atoms with Crippen molar-refractivity contribution < 1.29 is 5.11 Å². The van der Waals surface area contributed by atoms with Crippen molar-refractivity contribution in [2.45, 2.75) is 64.5 Å². The Labute approximate surface area is 118 Å². The Kier molecular flexibility index (Phi) is 5.27. The van der Waals surface area contributed by atoms with Gasteiger partial charge in [0.1, 0.15) is 0 Å². The van der Waals surface area contributed by atoms with Crippen LogP contribution in [0.4, 0.5) is 0 Å². The average Bonchev–Trinajstić information content (AvgIpc) is 3.12. The third-order valence-electron chi connectivity index (χ3n) is 4.79. The first-order valence-electron chi connectivity index (χ1n) is 8.20. The molecule has 0 amide bonds. The molecule has 0 spiro atoms. The Morgan fingerprint density at radius 2 is 2.05 bits per heavy atom. The molecule has 2 unspecified atom stereocenters. The molecule has 0 bridgehead atoms. The van der Waals surface area contributed by atoms with Crippen molar-refractivity contribution in [3.8, 4) is 0 Å². The maximum atomic E-state index is 9.98. The number of nitrogens with zero attached hydrogens (tertiary/aromatic N) is 1. The van der Waals surface area contributed by atoms with E-state index < -0.39 is 0 Å². The van der Waals surface area contributed by atoms with Gasteiger partial charge >= 0.3 is 0 Å². The van der Waals surface area contributed by atoms with E-state index in [4.69, 9.17) is 0 Å². The molecule has 2 fully saturated rings. The highest BCUT2D eigenvalue weighted by Crippen LogP contribution is 2.41. The number of aliphatic hydroxyl groups excluding tert-OH is 1. The van der Waals surface area contributed by atoms with Crippen LogP contribution in [0.3, 0.4) is 0 Å². The summed E-state index contributed by atoms with van der Waals surface area (Å²) in [7, 11) is 0. The number of likely N-dealkylation sites (tertiary alicyclic amines) is 1. The Morgan fingerprint density at radius 1 is 1.32 bits per heavy atom. The van der Waals surface area contributed by atoms with Crippen LogP contribution in [0.5, 0.6) is 0 Å². The van der Waals surface area contributed by atoms with Crippen molar-refractivity contribution in [1.82, 2.24) is 10.2 Å². The summed E-state index contributed by atoms with van der Waals surface area (Å²) in [4.78, 5) is 2.59. The maximum absolute atomic E-state index is 9.98. The number of rotatable bonds is 8. The third-order valence-corrected chi connectivity index (χ3v) is 4.79. The van der Waals surface area contributed by atoms with E-state index in [0.717, 1.165) is 12.5 Å². The van der Waals surface area contributed by atoms with E-state index in [0.29, 0.717) is 12.0 Å². The van der Waals surface area contributed by atoms with Crippen molar-refractivity contribution in [3.63, 3.8) is 0 Å². The van der Waals surface area contributed by atoms with E-state index in [1.807, 2.05) is 0 Å². The van der Waals surface area contributed by atoms with Crippen LogP contribution < -0.4 is 5.32 Å². The second kappa shape index (κ2) is 6.55. The van der Waals surface area contributed by atoms with Gasteiger partial charge in [-0.05, 0) is 44.1 Å². The predicted molar refractivity (Wildman–Crippen MR) is 80.3 cm³/mol. The van der Waals surface area contributed by atoms with Crippen LogP contribution in [0.1, 0.15) is 52.9 Å². The summed E-state index contributed by atoms with van der Waals surface area (Å²) in [5.74, 6) is 1.57. The van der Waals surface area contributed by atoms with Gasteiger partial charge in [0.05, 0.1) is 12.1 Å². The van der Waals surface area contributed by atoms with E-state index in [1.54, 1.807) is 0 Å². The summed E-state index contributed by atoms with van der Waals surface area (Å²) >= 11 is 0. The lowest BCUT2D eigenvalue weighted by molar-refractivity contribution is 0.0911. The molecule has 3 nitrogen and oxygen atoms in total. The lowest BCUT2D eigenvalue weighted by Gasteiger charge is -2.39. The van der Waals surface area contributed by atoms with Crippen molar-refractivity contribution in [2.75, 3.05) is 26.2 Å². The van der Waals surface area contributed by atoms with Gasteiger partial charge in [-0.1, -0.05) is 27.2 Å². The highest BCUT2D eigenvalue weighted by molar-refractivity contribution is 5.04. The zero-order valence-electron chi connectivity index (χ0n) is 13.0. The minimum Gasteiger partial charge on any atom is -0.394 e. The molecule has 2 N–H and O–H groups in total. The molecule has 3 heteroatoms. The quantitative estimate of drug-likeness (QED) is 0.709. The molecular formula is C16H32N2O. The molecule has 0 aromatic heterocycles. The fraction of sp³-hybridized carbons (Fsp3) is 1.00. The van der Waals surface area contributed by atoms with E-state index in [1.165, 1.54) is 45.2 Å². The summed E-state index contributed by atoms with van der Waals surface area (Å²) in [6.45, 7) is 10.4. The molecule has 112 valence electrons. The first kappa shape index (κ1) is 15.3. The van der Waals surface area contributed by atoms with Crippen LogP contribution in [0.2, 0.25) is 0 Å². The van der Waals surface area contributed by atoms with Crippen molar-refractivity contribution in [2.24, 2.45) is 11.8 Å². The molecule has 0 aromatic carbocycles. The normalized spacial score (nSPS) is 27.9. The summed E-state index contributed by atoms with van der Waals surface area (Å²) < 4.78 is 0. The molecule has 1 aliphatic heterocycles. The van der Waals surface area contributed by atoms with E-state index in [9.17, 15) is 5.11 Å². The van der Waals surface area contributed by atoms with Gasteiger partial charge in [-0.15, -0.1) is 0 Å². The Morgan fingerprint density at radius 3 is 2.58 bits per heavy atom. The van der Waals surface area contributed by atoms with Crippen LogP contribution >= 0.6 is 0 Å². The topological polar surface area (TPSA) is 35.5 Å². The monoisotopic (exact) mass is 268 g/mol. The summed E-state index contributed by atoms with van der Waals surface area (Å²) in [6, 6.07) is 0.446. The molecule has 19 heavy (non-hydrogen) atoms. The second-order valence-corrected chi connectivity index (χ2v) is 7.07. The second-order valence-electron chi connectivity index (χ2n) is 7.07. The lowest BCUT2D eigenvalue weighted by atomic mass is 9.92. The number of hydrogen-bond donors (Lipinski definition) is 2. The lowest BCUT2D eigenvalue weighted by Crippen LogP contribution is -2.59. The first-order chi connectivity index (χ1) is 9.09. The number of hydrogen-bond acceptors (Lipinski definition) is 3. The van der Waals surface area contributed by atoms with Crippen LogP contribution in [0.15, 0.2) is 0 Å². The molecule has 0 radical (unpaired) electrons. The summed E-state index contributed by atoms with van der Waals surface area (Å²) in [5, 5.41) is 13.7. The molecule has 1 heterocycles. The molecule has 1 aliphatic carbocycles. The number of aliphatic hydroxyl groups is 1. The summed E-state index contributed by atoms with van der Waals surface area (Å²) in [6.07, 6.45) is 6.58. The fourth-order valence-corrected chi connectivity index (χ4v) is 3.83. The van der Waals surface area contributed by atoms with Gasteiger partial charge in [-0.2, -0.15) is 0 Å². The summed E-state index contributed by atoms with van der Waals surface area (Å²) in [5.41, 5.74) is -0.0464. The largest absolute Gasteiger partial charge is 0.394 e. The van der Waals surface area contributed by atoms with Gasteiger partial charge < -0.3 is 15.3 Å². The molecule has 1 saturated heterocycles. The molecular weight excluding hydrogens is 236 g/mol. The van der Waals surface area contributed by atoms with E-state index in [-0.39, 0.29) is 12.1 Å². The van der Waals surface area contributed by atoms with Gasteiger partial charge in [-0.25, -0.2) is 0 Å². The van der Waals surface area contributed by atoms with Crippen molar-refractivity contribution in [1.29, 1.82) is 0 Å². The zero-order chi connectivity index (χ0) is 13.9. The Bertz CT molecular complexity index is 278. The van der Waals surface area contributed by atoms with Crippen molar-refractivity contribution >= 4 is 0 Å². The third kappa shape index (κ3) is 3.93. The van der Waals surface area contributed by atoms with Crippen LogP contribution in [0.25, 0.3) is 0 Å².